The zero-order valence-corrected chi connectivity index (χ0v) is 18.6. The highest BCUT2D eigenvalue weighted by molar-refractivity contribution is 7.17. The third-order valence-electron chi connectivity index (χ3n) is 5.30. The molecule has 0 spiro atoms. The topological polar surface area (TPSA) is 52.7 Å². The van der Waals surface area contributed by atoms with Gasteiger partial charge in [0.1, 0.15) is 6.79 Å². The maximum absolute atomic E-state index is 13.0. The van der Waals surface area contributed by atoms with Crippen molar-refractivity contribution >= 4 is 51.4 Å². The Bertz CT molecular complexity index is 976. The smallest absolute Gasteiger partial charge is 0.240 e. The molecule has 158 valence electrons. The number of benzene rings is 2. The van der Waals surface area contributed by atoms with Crippen molar-refractivity contribution in [2.75, 3.05) is 25.6 Å². The van der Waals surface area contributed by atoms with E-state index >= 15 is 0 Å². The first-order chi connectivity index (χ1) is 14.6. The van der Waals surface area contributed by atoms with Crippen LogP contribution in [0.15, 0.2) is 53.9 Å². The number of hydrogen-bond donors (Lipinski definition) is 1. The third kappa shape index (κ3) is 5.39. The van der Waals surface area contributed by atoms with E-state index in [1.165, 1.54) is 10.1 Å². The summed E-state index contributed by atoms with van der Waals surface area (Å²) in [6.45, 7) is 4.22. The first-order valence-corrected chi connectivity index (χ1v) is 11.1. The zero-order valence-electron chi connectivity index (χ0n) is 17.0. The molecule has 0 unspecified atom stereocenters. The predicted molar refractivity (Wildman–Crippen MR) is 125 cm³/mol. The van der Waals surface area contributed by atoms with Gasteiger partial charge in [-0.3, -0.25) is 9.69 Å². The second-order valence-corrected chi connectivity index (χ2v) is 8.68. The summed E-state index contributed by atoms with van der Waals surface area (Å²) >= 11 is 7.70. The van der Waals surface area contributed by atoms with Crippen LogP contribution in [0.4, 0.5) is 5.69 Å². The van der Waals surface area contributed by atoms with E-state index in [1.54, 1.807) is 11.3 Å². The molecule has 1 saturated heterocycles. The fraction of sp³-hybridized carbons (Fsp3) is 0.304. The molecule has 0 saturated carbocycles. The Morgan fingerprint density at radius 1 is 1.23 bits per heavy atom. The molecule has 0 aliphatic carbocycles. The molecule has 3 aromatic rings. The van der Waals surface area contributed by atoms with Gasteiger partial charge in [0.25, 0.3) is 0 Å². The van der Waals surface area contributed by atoms with Gasteiger partial charge in [-0.1, -0.05) is 23.7 Å². The predicted octanol–water partition coefficient (Wildman–Crippen LogP) is 4.86. The number of likely N-dealkylation sites (tertiary alicyclic amines) is 1. The third-order valence-corrected chi connectivity index (χ3v) is 6.45. The number of nitrogens with one attached hydrogen (secondary N) is 1. The first-order valence-electron chi connectivity index (χ1n) is 9.83. The van der Waals surface area contributed by atoms with E-state index in [0.717, 1.165) is 30.6 Å². The molecule has 0 bridgehead atoms. The van der Waals surface area contributed by atoms with Crippen LogP contribution >= 0.6 is 22.9 Å². The minimum absolute atomic E-state index is 0.0605. The van der Waals surface area contributed by atoms with E-state index in [4.69, 9.17) is 16.4 Å². The zero-order chi connectivity index (χ0) is 21.5. The number of thiophene rings is 1. The lowest BCUT2D eigenvalue weighted by atomic mass is 10.1. The van der Waals surface area contributed by atoms with Crippen molar-refractivity contribution in [3.8, 4) is 0 Å². The van der Waals surface area contributed by atoms with Gasteiger partial charge in [0, 0.05) is 35.5 Å². The van der Waals surface area contributed by atoms with Crippen molar-refractivity contribution in [2.24, 2.45) is 0 Å². The van der Waals surface area contributed by atoms with Gasteiger partial charge >= 0.3 is 0 Å². The summed E-state index contributed by atoms with van der Waals surface area (Å²) < 4.78 is 1.30. The lowest BCUT2D eigenvalue weighted by Crippen LogP contribution is -2.45. The number of likely N-dealkylation sites (N-methyl/N-ethyl adjacent to an activating group) is 1. The summed E-state index contributed by atoms with van der Waals surface area (Å²) in [4.78, 5) is 25.1. The van der Waals surface area contributed by atoms with Crippen molar-refractivity contribution in [3.63, 3.8) is 0 Å². The molecule has 1 N–H and O–H groups in total. The van der Waals surface area contributed by atoms with E-state index in [1.807, 2.05) is 43.0 Å². The molecule has 1 fully saturated rings. The molecule has 30 heavy (non-hydrogen) atoms. The summed E-state index contributed by atoms with van der Waals surface area (Å²) in [6.07, 6.45) is 1.96. The molecule has 2 aromatic carbocycles. The quantitative estimate of drug-likeness (QED) is 0.591. The van der Waals surface area contributed by atoms with Gasteiger partial charge in [-0.15, -0.1) is 11.3 Å². The summed E-state index contributed by atoms with van der Waals surface area (Å²) in [5.74, 6) is 0.183. The van der Waals surface area contributed by atoms with Gasteiger partial charge < -0.3 is 15.0 Å². The Balaban J connectivity index is 0.00000124. The number of carbonyl (C=O) groups excluding carboxylic acids is 2. The monoisotopic (exact) mass is 443 g/mol. The van der Waals surface area contributed by atoms with Crippen LogP contribution < -0.4 is 5.32 Å². The Labute approximate surface area is 186 Å². The van der Waals surface area contributed by atoms with E-state index in [9.17, 15) is 4.79 Å². The van der Waals surface area contributed by atoms with Gasteiger partial charge in [-0.25, -0.2) is 0 Å². The van der Waals surface area contributed by atoms with E-state index in [-0.39, 0.29) is 11.9 Å². The van der Waals surface area contributed by atoms with Crippen LogP contribution in [-0.4, -0.2) is 48.8 Å². The number of nitrogens with zero attached hydrogens (tertiary/aromatic N) is 2. The molecule has 7 heteroatoms. The number of carbonyl (C=O) groups is 2. The van der Waals surface area contributed by atoms with Gasteiger partial charge in [0.2, 0.25) is 5.91 Å². The molecule has 1 amide bonds. The van der Waals surface area contributed by atoms with Crippen molar-refractivity contribution in [3.05, 3.63) is 64.5 Å². The Hall–Kier alpha value is -2.41. The lowest BCUT2D eigenvalue weighted by molar-refractivity contribution is -0.135. The van der Waals surface area contributed by atoms with E-state index in [0.29, 0.717) is 18.2 Å². The maximum Gasteiger partial charge on any atom is 0.240 e. The number of fused-ring (bicyclic) bond motifs is 1. The summed E-state index contributed by atoms with van der Waals surface area (Å²) in [5, 5.41) is 7.58. The average Bonchev–Trinajstić information content (AvgIpc) is 3.43. The van der Waals surface area contributed by atoms with Crippen LogP contribution in [-0.2, 0) is 16.1 Å². The van der Waals surface area contributed by atoms with Crippen molar-refractivity contribution in [2.45, 2.75) is 25.4 Å². The molecule has 1 aromatic heterocycles. The van der Waals surface area contributed by atoms with Crippen LogP contribution in [0.2, 0.25) is 5.02 Å². The van der Waals surface area contributed by atoms with Gasteiger partial charge in [0.05, 0.1) is 12.7 Å². The minimum Gasteiger partial charge on any atom is -0.372 e. The van der Waals surface area contributed by atoms with Crippen LogP contribution in [0, 0.1) is 0 Å². The Morgan fingerprint density at radius 3 is 2.77 bits per heavy atom. The van der Waals surface area contributed by atoms with Gasteiger partial charge in [0.15, 0.2) is 0 Å². The van der Waals surface area contributed by atoms with E-state index < -0.39 is 0 Å². The van der Waals surface area contributed by atoms with Crippen molar-refractivity contribution in [1.29, 1.82) is 0 Å². The molecule has 1 aliphatic rings. The molecular weight excluding hydrogens is 418 g/mol. The highest BCUT2D eigenvalue weighted by atomic mass is 35.5. The van der Waals surface area contributed by atoms with Crippen LogP contribution in [0.3, 0.4) is 0 Å². The van der Waals surface area contributed by atoms with Gasteiger partial charge in [-0.2, -0.15) is 0 Å². The second-order valence-electron chi connectivity index (χ2n) is 7.30. The number of amides is 1. The largest absolute Gasteiger partial charge is 0.372 e. The molecule has 2 heterocycles. The van der Waals surface area contributed by atoms with Crippen molar-refractivity contribution < 1.29 is 9.59 Å². The van der Waals surface area contributed by atoms with Crippen LogP contribution in [0.25, 0.3) is 10.1 Å². The lowest BCUT2D eigenvalue weighted by Gasteiger charge is -2.28. The summed E-state index contributed by atoms with van der Waals surface area (Å²) in [5.41, 5.74) is 2.19. The fourth-order valence-electron chi connectivity index (χ4n) is 3.76. The fourth-order valence-corrected chi connectivity index (χ4v) is 4.66. The van der Waals surface area contributed by atoms with Gasteiger partial charge in [-0.05, 0) is 65.6 Å². The molecule has 4 rings (SSSR count). The van der Waals surface area contributed by atoms with Crippen LogP contribution in [0.5, 0.6) is 0 Å². The SMILES string of the molecule is C=O.CN(Cc1ccc(Cl)cc1)C(=O)[C@H]1CCCN1CNc1ccc2sccc2c1. The second kappa shape index (κ2) is 10.6. The Morgan fingerprint density at radius 2 is 2.00 bits per heavy atom. The molecular formula is C23H26ClN3O2S. The Kier molecular flexibility index (Phi) is 7.85. The van der Waals surface area contributed by atoms with Crippen LogP contribution in [0.1, 0.15) is 18.4 Å². The minimum atomic E-state index is -0.0605. The standard InChI is InChI=1S/C22H24ClN3OS.CH2O/c1-25(14-16-4-6-18(23)7-5-16)22(27)20-3-2-11-26(20)15-24-19-8-9-21-17(13-19)10-12-28-21;1-2/h4-10,12-13,20,24H,2-3,11,14-15H2,1H3;1H2/t20-;/m1./s1. The molecule has 1 atom stereocenters. The van der Waals surface area contributed by atoms with Crippen molar-refractivity contribution in [1.82, 2.24) is 9.80 Å². The van der Waals surface area contributed by atoms with E-state index in [2.05, 4.69) is 39.9 Å². The first kappa shape index (κ1) is 22.3. The average molecular weight is 444 g/mol. The number of rotatable bonds is 6. The highest BCUT2D eigenvalue weighted by Crippen LogP contribution is 2.25. The molecule has 1 aliphatic heterocycles. The summed E-state index contributed by atoms with van der Waals surface area (Å²) in [7, 11) is 1.88. The number of halogens is 1. The summed E-state index contributed by atoms with van der Waals surface area (Å²) in [6, 6.07) is 16.2. The molecule has 5 nitrogen and oxygen atoms in total. The number of anilines is 1. The highest BCUT2D eigenvalue weighted by Gasteiger charge is 2.32. The normalized spacial score (nSPS) is 16.1. The maximum atomic E-state index is 13.0. The molecule has 0 radical (unpaired) electrons. The number of hydrogen-bond acceptors (Lipinski definition) is 5.